The second-order valence-electron chi connectivity index (χ2n) is 6.11. The van der Waals surface area contributed by atoms with Crippen LogP contribution in [-0.2, 0) is 9.59 Å². The minimum Gasteiger partial charge on any atom is -0.298 e. The summed E-state index contributed by atoms with van der Waals surface area (Å²) in [4.78, 5) is 31.0. The number of fused-ring (bicyclic) bond motifs is 3. The lowest BCUT2D eigenvalue weighted by molar-refractivity contribution is -0.128. The standard InChI is InChI=1S/C21H15N3O2S/c1-2-10-24-20(26)17(19(25)23-21(24)27)12-14-11-13-6-3-4-7-15(13)18-16(14)8-5-9-22-18/h2-9,11-12H,1,10H2,(H,23,25,27)/b17-12+. The summed E-state index contributed by atoms with van der Waals surface area (Å²) in [5, 5.41) is 5.53. The largest absolute Gasteiger partial charge is 0.298 e. The fraction of sp³-hybridized carbons (Fsp3) is 0.0476. The zero-order valence-electron chi connectivity index (χ0n) is 14.3. The zero-order valence-corrected chi connectivity index (χ0v) is 15.1. The smallest absolute Gasteiger partial charge is 0.265 e. The van der Waals surface area contributed by atoms with E-state index in [1.54, 1.807) is 18.3 Å². The number of nitrogens with one attached hydrogen (secondary N) is 1. The van der Waals surface area contributed by atoms with Crippen molar-refractivity contribution in [3.63, 3.8) is 0 Å². The summed E-state index contributed by atoms with van der Waals surface area (Å²) in [5.74, 6) is -0.940. The van der Waals surface area contributed by atoms with Crippen LogP contribution in [-0.4, -0.2) is 33.4 Å². The van der Waals surface area contributed by atoms with Crippen LogP contribution in [0.5, 0.6) is 0 Å². The molecular formula is C21H15N3O2S. The average molecular weight is 373 g/mol. The van der Waals surface area contributed by atoms with Crippen molar-refractivity contribution in [1.29, 1.82) is 0 Å². The molecule has 0 bridgehead atoms. The Morgan fingerprint density at radius 3 is 2.74 bits per heavy atom. The maximum absolute atomic E-state index is 12.8. The van der Waals surface area contributed by atoms with E-state index in [1.165, 1.54) is 4.90 Å². The fourth-order valence-electron chi connectivity index (χ4n) is 3.20. The normalized spacial score (nSPS) is 16.2. The molecule has 132 valence electrons. The predicted octanol–water partition coefficient (Wildman–Crippen LogP) is 3.20. The van der Waals surface area contributed by atoms with Crippen LogP contribution in [0.3, 0.4) is 0 Å². The van der Waals surface area contributed by atoms with Crippen LogP contribution < -0.4 is 5.32 Å². The monoisotopic (exact) mass is 373 g/mol. The third-order valence-electron chi connectivity index (χ3n) is 4.44. The van der Waals surface area contributed by atoms with E-state index in [1.807, 2.05) is 42.5 Å². The minimum atomic E-state index is -0.504. The van der Waals surface area contributed by atoms with E-state index < -0.39 is 11.8 Å². The van der Waals surface area contributed by atoms with Crippen molar-refractivity contribution in [2.75, 3.05) is 6.54 Å². The van der Waals surface area contributed by atoms with Gasteiger partial charge in [0, 0.05) is 23.5 Å². The second kappa shape index (κ2) is 6.74. The Hall–Kier alpha value is -3.38. The van der Waals surface area contributed by atoms with Crippen molar-refractivity contribution < 1.29 is 9.59 Å². The molecule has 0 radical (unpaired) electrons. The summed E-state index contributed by atoms with van der Waals surface area (Å²) in [7, 11) is 0. The third kappa shape index (κ3) is 2.90. The van der Waals surface area contributed by atoms with Crippen LogP contribution in [0.25, 0.3) is 27.8 Å². The van der Waals surface area contributed by atoms with E-state index in [0.29, 0.717) is 0 Å². The van der Waals surface area contributed by atoms with Crippen molar-refractivity contribution in [2.24, 2.45) is 0 Å². The van der Waals surface area contributed by atoms with Gasteiger partial charge in [0.1, 0.15) is 5.57 Å². The number of amides is 2. The van der Waals surface area contributed by atoms with Gasteiger partial charge >= 0.3 is 0 Å². The van der Waals surface area contributed by atoms with Gasteiger partial charge in [0.25, 0.3) is 11.8 Å². The van der Waals surface area contributed by atoms with Gasteiger partial charge in [0.05, 0.1) is 5.52 Å². The first-order valence-electron chi connectivity index (χ1n) is 8.36. The number of nitrogens with zero attached hydrogens (tertiary/aromatic N) is 2. The Balaban J connectivity index is 1.93. The number of thiocarbonyl (C=S) groups is 1. The molecule has 2 heterocycles. The lowest BCUT2D eigenvalue weighted by Crippen LogP contribution is -2.53. The van der Waals surface area contributed by atoms with E-state index in [-0.39, 0.29) is 17.2 Å². The number of rotatable bonds is 3. The molecule has 1 aliphatic heterocycles. The molecule has 0 atom stereocenters. The lowest BCUT2D eigenvalue weighted by Gasteiger charge is -2.27. The van der Waals surface area contributed by atoms with Crippen molar-refractivity contribution in [1.82, 2.24) is 15.2 Å². The van der Waals surface area contributed by atoms with Gasteiger partial charge in [-0.05, 0) is 41.4 Å². The molecule has 1 N–H and O–H groups in total. The molecule has 0 spiro atoms. The molecule has 6 heteroatoms. The number of hydrogen-bond acceptors (Lipinski definition) is 4. The van der Waals surface area contributed by atoms with E-state index >= 15 is 0 Å². The highest BCUT2D eigenvalue weighted by molar-refractivity contribution is 7.80. The highest BCUT2D eigenvalue weighted by Gasteiger charge is 2.32. The number of carbonyl (C=O) groups is 2. The SMILES string of the molecule is C=CCN1C(=O)/C(=C/c2cc3ccccc3c3ncccc23)C(=O)NC1=S. The van der Waals surface area contributed by atoms with Gasteiger partial charge in [0.2, 0.25) is 0 Å². The molecule has 4 rings (SSSR count). The number of benzene rings is 2. The summed E-state index contributed by atoms with van der Waals surface area (Å²) in [6.07, 6.45) is 4.90. The third-order valence-corrected chi connectivity index (χ3v) is 4.77. The van der Waals surface area contributed by atoms with Gasteiger partial charge < -0.3 is 0 Å². The molecule has 5 nitrogen and oxygen atoms in total. The first-order valence-corrected chi connectivity index (χ1v) is 8.77. The Morgan fingerprint density at radius 2 is 1.93 bits per heavy atom. The predicted molar refractivity (Wildman–Crippen MR) is 110 cm³/mol. The number of aromatic nitrogens is 1. The van der Waals surface area contributed by atoms with Gasteiger partial charge in [0.15, 0.2) is 5.11 Å². The average Bonchev–Trinajstić information content (AvgIpc) is 2.68. The van der Waals surface area contributed by atoms with Crippen LogP contribution in [0.1, 0.15) is 5.56 Å². The van der Waals surface area contributed by atoms with Crippen molar-refractivity contribution in [3.05, 3.63) is 72.5 Å². The highest BCUT2D eigenvalue weighted by Crippen LogP contribution is 2.29. The minimum absolute atomic E-state index is 0.0332. The molecule has 1 fully saturated rings. The van der Waals surface area contributed by atoms with E-state index in [0.717, 1.165) is 27.2 Å². The highest BCUT2D eigenvalue weighted by atomic mass is 32.1. The first-order chi connectivity index (χ1) is 13.1. The van der Waals surface area contributed by atoms with Gasteiger partial charge in [-0.15, -0.1) is 6.58 Å². The molecule has 2 amide bonds. The van der Waals surface area contributed by atoms with Crippen molar-refractivity contribution in [3.8, 4) is 0 Å². The molecule has 0 saturated carbocycles. The van der Waals surface area contributed by atoms with Crippen LogP contribution in [0, 0.1) is 0 Å². The topological polar surface area (TPSA) is 62.3 Å². The molecule has 1 aromatic heterocycles. The Labute approximate surface area is 161 Å². The van der Waals surface area contributed by atoms with E-state index in [9.17, 15) is 9.59 Å². The number of hydrogen-bond donors (Lipinski definition) is 1. The quantitative estimate of drug-likeness (QED) is 0.252. The fourth-order valence-corrected chi connectivity index (χ4v) is 3.45. The van der Waals surface area contributed by atoms with E-state index in [4.69, 9.17) is 12.2 Å². The van der Waals surface area contributed by atoms with Crippen molar-refractivity contribution >= 4 is 56.9 Å². The number of pyridine rings is 1. The Kier molecular flexibility index (Phi) is 4.25. The summed E-state index contributed by atoms with van der Waals surface area (Å²) >= 11 is 5.09. The summed E-state index contributed by atoms with van der Waals surface area (Å²) in [6, 6.07) is 13.6. The second-order valence-corrected chi connectivity index (χ2v) is 6.49. The lowest BCUT2D eigenvalue weighted by atomic mass is 9.98. The van der Waals surface area contributed by atoms with Gasteiger partial charge in [-0.2, -0.15) is 0 Å². The van der Waals surface area contributed by atoms with Gasteiger partial charge in [-0.3, -0.25) is 24.8 Å². The molecule has 0 aliphatic carbocycles. The maximum atomic E-state index is 12.8. The van der Waals surface area contributed by atoms with Crippen LogP contribution in [0.15, 0.2) is 66.9 Å². The van der Waals surface area contributed by atoms with Gasteiger partial charge in [-0.1, -0.05) is 36.4 Å². The van der Waals surface area contributed by atoms with Crippen molar-refractivity contribution in [2.45, 2.75) is 0 Å². The van der Waals surface area contributed by atoms with Crippen LogP contribution in [0.2, 0.25) is 0 Å². The molecule has 0 unspecified atom stereocenters. The van der Waals surface area contributed by atoms with Crippen LogP contribution in [0.4, 0.5) is 0 Å². The number of carbonyl (C=O) groups excluding carboxylic acids is 2. The van der Waals surface area contributed by atoms with Gasteiger partial charge in [-0.25, -0.2) is 0 Å². The van der Waals surface area contributed by atoms with Crippen LogP contribution >= 0.6 is 12.2 Å². The summed E-state index contributed by atoms with van der Waals surface area (Å²) in [5.41, 5.74) is 1.61. The molecular weight excluding hydrogens is 358 g/mol. The Bertz CT molecular complexity index is 1170. The molecule has 3 aromatic rings. The maximum Gasteiger partial charge on any atom is 0.265 e. The summed E-state index contributed by atoms with van der Waals surface area (Å²) < 4.78 is 0. The summed E-state index contributed by atoms with van der Waals surface area (Å²) in [6.45, 7) is 3.86. The molecule has 27 heavy (non-hydrogen) atoms. The Morgan fingerprint density at radius 1 is 1.15 bits per heavy atom. The molecule has 1 aliphatic rings. The zero-order chi connectivity index (χ0) is 19.0. The molecule has 1 saturated heterocycles. The first kappa shape index (κ1) is 17.1. The molecule has 2 aromatic carbocycles. The van der Waals surface area contributed by atoms with E-state index in [2.05, 4.69) is 16.9 Å².